The normalized spacial score (nSPS) is 20.9. The van der Waals surface area contributed by atoms with Crippen LogP contribution in [0.3, 0.4) is 0 Å². The molecule has 0 radical (unpaired) electrons. The second kappa shape index (κ2) is 3.64. The molecule has 6 heteroatoms. The predicted octanol–water partition coefficient (Wildman–Crippen LogP) is 3.69. The molecule has 0 aromatic carbocycles. The van der Waals surface area contributed by atoms with Gasteiger partial charge in [-0.1, -0.05) is 11.6 Å². The van der Waals surface area contributed by atoms with Crippen molar-refractivity contribution >= 4 is 27.5 Å². The molecule has 1 fully saturated rings. The zero-order chi connectivity index (χ0) is 12.0. The molecule has 0 amide bonds. The molecule has 0 N–H and O–H groups in total. The van der Waals surface area contributed by atoms with E-state index in [1.165, 1.54) is 6.07 Å². The van der Waals surface area contributed by atoms with Gasteiger partial charge < -0.3 is 0 Å². The van der Waals surface area contributed by atoms with E-state index < -0.39 is 24.2 Å². The van der Waals surface area contributed by atoms with Gasteiger partial charge in [-0.15, -0.1) is 0 Å². The van der Waals surface area contributed by atoms with E-state index >= 15 is 0 Å². The Hall–Kier alpha value is -0.730. The summed E-state index contributed by atoms with van der Waals surface area (Å²) in [4.78, 5) is 3.97. The van der Waals surface area contributed by atoms with Crippen molar-refractivity contribution < 1.29 is 8.78 Å². The molecule has 1 aliphatic carbocycles. The van der Waals surface area contributed by atoms with Gasteiger partial charge in [-0.05, 0) is 28.1 Å². The van der Waals surface area contributed by atoms with E-state index in [4.69, 9.17) is 16.9 Å². The highest BCUT2D eigenvalue weighted by molar-refractivity contribution is 9.10. The number of nitriles is 1. The number of aromatic nitrogens is 1. The molecule has 0 bridgehead atoms. The molecular weight excluding hydrogens is 301 g/mol. The second-order valence-electron chi connectivity index (χ2n) is 3.87. The molecule has 0 saturated heterocycles. The van der Waals surface area contributed by atoms with Crippen LogP contribution in [0, 0.1) is 11.3 Å². The maximum atomic E-state index is 12.9. The fourth-order valence-corrected chi connectivity index (χ4v) is 2.63. The Morgan fingerprint density at radius 3 is 2.56 bits per heavy atom. The van der Waals surface area contributed by atoms with Crippen LogP contribution in [0.5, 0.6) is 0 Å². The summed E-state index contributed by atoms with van der Waals surface area (Å²) < 4.78 is 26.4. The third kappa shape index (κ3) is 1.80. The van der Waals surface area contributed by atoms with Crippen LogP contribution >= 0.6 is 27.5 Å². The Kier molecular flexibility index (Phi) is 2.67. The van der Waals surface area contributed by atoms with E-state index in [1.54, 1.807) is 6.07 Å². The molecule has 1 aromatic rings. The summed E-state index contributed by atoms with van der Waals surface area (Å²) in [6.45, 7) is 0. The minimum atomic E-state index is -2.78. The van der Waals surface area contributed by atoms with Gasteiger partial charge in [-0.3, -0.25) is 0 Å². The first kappa shape index (κ1) is 11.7. The molecule has 84 valence electrons. The largest absolute Gasteiger partial charge is 0.252 e. The van der Waals surface area contributed by atoms with Crippen molar-refractivity contribution in [3.8, 4) is 6.07 Å². The van der Waals surface area contributed by atoms with Gasteiger partial charge in [0.15, 0.2) is 0 Å². The maximum Gasteiger partial charge on any atom is 0.252 e. The molecule has 0 unspecified atom stereocenters. The smallest absolute Gasteiger partial charge is 0.238 e. The molecule has 0 spiro atoms. The SMILES string of the molecule is N#CC1(c2nc(Cl)ccc2Br)CC(F)(F)C1. The van der Waals surface area contributed by atoms with Crippen LogP contribution in [-0.4, -0.2) is 10.9 Å². The van der Waals surface area contributed by atoms with Crippen LogP contribution < -0.4 is 0 Å². The average molecular weight is 308 g/mol. The van der Waals surface area contributed by atoms with Crippen molar-refractivity contribution in [2.75, 3.05) is 0 Å². The topological polar surface area (TPSA) is 36.7 Å². The third-order valence-electron chi connectivity index (χ3n) is 2.60. The molecule has 2 rings (SSSR count). The lowest BCUT2D eigenvalue weighted by atomic mass is 9.65. The quantitative estimate of drug-likeness (QED) is 0.742. The Labute approximate surface area is 104 Å². The van der Waals surface area contributed by atoms with Crippen molar-refractivity contribution in [3.05, 3.63) is 27.5 Å². The van der Waals surface area contributed by atoms with Crippen LogP contribution in [0.4, 0.5) is 8.78 Å². The van der Waals surface area contributed by atoms with Crippen LogP contribution in [-0.2, 0) is 5.41 Å². The van der Waals surface area contributed by atoms with Crippen molar-refractivity contribution in [2.45, 2.75) is 24.2 Å². The molecule has 1 aromatic heterocycles. The van der Waals surface area contributed by atoms with Gasteiger partial charge in [0.05, 0.1) is 11.8 Å². The first-order chi connectivity index (χ1) is 7.38. The number of pyridine rings is 1. The van der Waals surface area contributed by atoms with Gasteiger partial charge in [0.25, 0.3) is 5.92 Å². The van der Waals surface area contributed by atoms with Crippen molar-refractivity contribution in [1.29, 1.82) is 5.26 Å². The number of rotatable bonds is 1. The molecule has 2 nitrogen and oxygen atoms in total. The molecule has 0 atom stereocenters. The Bertz CT molecular complexity index is 476. The van der Waals surface area contributed by atoms with Crippen molar-refractivity contribution in [3.63, 3.8) is 0 Å². The molecule has 16 heavy (non-hydrogen) atoms. The molecule has 0 aliphatic heterocycles. The highest BCUT2D eigenvalue weighted by Gasteiger charge is 2.59. The van der Waals surface area contributed by atoms with E-state index in [1.807, 2.05) is 6.07 Å². The minimum absolute atomic E-state index is 0.197. The second-order valence-corrected chi connectivity index (χ2v) is 5.11. The van der Waals surface area contributed by atoms with E-state index in [2.05, 4.69) is 20.9 Å². The number of hydrogen-bond acceptors (Lipinski definition) is 2. The zero-order valence-electron chi connectivity index (χ0n) is 7.98. The fraction of sp³-hybridized carbons (Fsp3) is 0.400. The van der Waals surface area contributed by atoms with Gasteiger partial charge >= 0.3 is 0 Å². The van der Waals surface area contributed by atoms with Crippen LogP contribution in [0.1, 0.15) is 18.5 Å². The summed E-state index contributed by atoms with van der Waals surface area (Å²) >= 11 is 8.91. The Morgan fingerprint density at radius 2 is 2.06 bits per heavy atom. The van der Waals surface area contributed by atoms with Crippen molar-refractivity contribution in [1.82, 2.24) is 4.98 Å². The summed E-state index contributed by atoms with van der Waals surface area (Å²) in [6.07, 6.45) is -0.995. The van der Waals surface area contributed by atoms with Gasteiger partial charge in [0, 0.05) is 17.3 Å². The molecule has 1 aliphatic rings. The zero-order valence-corrected chi connectivity index (χ0v) is 10.3. The first-order valence-electron chi connectivity index (χ1n) is 4.50. The number of alkyl halides is 2. The van der Waals surface area contributed by atoms with E-state index in [0.717, 1.165) is 0 Å². The summed E-state index contributed by atoms with van der Waals surface area (Å²) in [5.74, 6) is -2.78. The highest BCUT2D eigenvalue weighted by atomic mass is 79.9. The number of hydrogen-bond donors (Lipinski definition) is 0. The third-order valence-corrected chi connectivity index (χ3v) is 3.45. The van der Waals surface area contributed by atoms with E-state index in [0.29, 0.717) is 10.2 Å². The van der Waals surface area contributed by atoms with Crippen LogP contribution in [0.15, 0.2) is 16.6 Å². The van der Waals surface area contributed by atoms with Gasteiger partial charge in [-0.2, -0.15) is 5.26 Å². The lowest BCUT2D eigenvalue weighted by molar-refractivity contribution is -0.110. The lowest BCUT2D eigenvalue weighted by Crippen LogP contribution is -2.49. The lowest BCUT2D eigenvalue weighted by Gasteiger charge is -2.41. The number of halogens is 4. The minimum Gasteiger partial charge on any atom is -0.238 e. The molecular formula is C10H6BrClF2N2. The fourth-order valence-electron chi connectivity index (χ4n) is 1.88. The van der Waals surface area contributed by atoms with E-state index in [9.17, 15) is 8.78 Å². The predicted molar refractivity (Wildman–Crippen MR) is 58.4 cm³/mol. The standard InChI is InChI=1S/C10H6BrClF2N2/c11-6-1-2-7(12)16-8(6)9(5-15)3-10(13,14)4-9/h1-2H,3-4H2. The summed E-state index contributed by atoms with van der Waals surface area (Å²) in [5, 5.41) is 9.25. The monoisotopic (exact) mass is 306 g/mol. The summed E-state index contributed by atoms with van der Waals surface area (Å²) in [7, 11) is 0. The first-order valence-corrected chi connectivity index (χ1v) is 5.67. The highest BCUT2D eigenvalue weighted by Crippen LogP contribution is 2.53. The van der Waals surface area contributed by atoms with Gasteiger partial charge in [0.1, 0.15) is 10.6 Å². The van der Waals surface area contributed by atoms with Crippen LogP contribution in [0.25, 0.3) is 0 Å². The summed E-state index contributed by atoms with van der Waals surface area (Å²) in [5.41, 5.74) is -0.916. The molecule has 1 heterocycles. The van der Waals surface area contributed by atoms with E-state index in [-0.39, 0.29) is 5.15 Å². The molecule has 1 saturated carbocycles. The van der Waals surface area contributed by atoms with Crippen molar-refractivity contribution in [2.24, 2.45) is 0 Å². The van der Waals surface area contributed by atoms with Crippen LogP contribution in [0.2, 0.25) is 5.15 Å². The average Bonchev–Trinajstić information content (AvgIpc) is 2.17. The summed E-state index contributed by atoms with van der Waals surface area (Å²) in [6, 6.07) is 5.07. The Morgan fingerprint density at radius 1 is 1.44 bits per heavy atom. The Balaban J connectivity index is 2.44. The van der Waals surface area contributed by atoms with Gasteiger partial charge in [-0.25, -0.2) is 13.8 Å². The van der Waals surface area contributed by atoms with Gasteiger partial charge in [0.2, 0.25) is 0 Å². The number of nitrogens with zero attached hydrogens (tertiary/aromatic N) is 2. The maximum absolute atomic E-state index is 12.9.